The molecule has 4 aromatic rings. The fourth-order valence-electron chi connectivity index (χ4n) is 7.73. The third kappa shape index (κ3) is 9.63. The standard InChI is InChI=1S/C22H25N5O2.C20H22N6O/c23-16-26-11-8-18(15-26)25-22(28)17-6-7-21(24-14-17)27-12-9-20(10-13-27)29-19-4-2-1-3-5-19;21-14-25-10-7-17(13-25)24-20(27)16-5-6-19(23-12-16)26-9-2-4-18(26)15-3-1-8-22-11-15/h1-7,14,18,20H,8-13,15H2,(H,25,28);1,3,5-6,8,11-12,17-18H,2,4,7,9-10,13H2,(H,24,27). The highest BCUT2D eigenvalue weighted by Crippen LogP contribution is 2.34. The number of anilines is 2. The average Bonchev–Trinajstić information content (AvgIpc) is 4.04. The first-order chi connectivity index (χ1) is 27.4. The third-order valence-corrected chi connectivity index (χ3v) is 10.8. The predicted molar refractivity (Wildman–Crippen MR) is 210 cm³/mol. The normalized spacial score (nSPS) is 20.7. The van der Waals surface area contributed by atoms with E-state index in [4.69, 9.17) is 15.3 Å². The van der Waals surface area contributed by atoms with E-state index < -0.39 is 0 Å². The molecule has 8 rings (SSSR count). The van der Waals surface area contributed by atoms with Crippen molar-refractivity contribution in [3.05, 3.63) is 108 Å². The maximum atomic E-state index is 12.4. The van der Waals surface area contributed by atoms with Gasteiger partial charge in [0, 0.05) is 95.5 Å². The third-order valence-electron chi connectivity index (χ3n) is 10.8. The molecule has 14 nitrogen and oxygen atoms in total. The number of para-hydroxylation sites is 1. The van der Waals surface area contributed by atoms with E-state index in [1.54, 1.807) is 28.4 Å². The molecular formula is C42H47N11O3. The Bertz CT molecular complexity index is 1980. The van der Waals surface area contributed by atoms with Crippen LogP contribution in [0.2, 0.25) is 0 Å². The highest BCUT2D eigenvalue weighted by molar-refractivity contribution is 5.94. The van der Waals surface area contributed by atoms with Crippen molar-refractivity contribution >= 4 is 23.5 Å². The maximum Gasteiger partial charge on any atom is 0.253 e. The molecule has 0 aliphatic carbocycles. The van der Waals surface area contributed by atoms with Crippen molar-refractivity contribution in [1.82, 2.24) is 35.4 Å². The lowest BCUT2D eigenvalue weighted by Crippen LogP contribution is -2.39. The summed E-state index contributed by atoms with van der Waals surface area (Å²) in [6.07, 6.45) is 17.1. The molecule has 0 radical (unpaired) electrons. The summed E-state index contributed by atoms with van der Waals surface area (Å²) in [5, 5.41) is 23.8. The second kappa shape index (κ2) is 18.3. The van der Waals surface area contributed by atoms with Gasteiger partial charge in [0.1, 0.15) is 23.5 Å². The van der Waals surface area contributed by atoms with E-state index in [1.807, 2.05) is 66.9 Å². The van der Waals surface area contributed by atoms with Gasteiger partial charge in [0.2, 0.25) is 0 Å². The second-order valence-corrected chi connectivity index (χ2v) is 14.6. The highest BCUT2D eigenvalue weighted by Gasteiger charge is 2.29. The van der Waals surface area contributed by atoms with Crippen LogP contribution < -0.4 is 25.2 Å². The molecule has 0 spiro atoms. The molecule has 3 atom stereocenters. The topological polar surface area (TPSA) is 167 Å². The summed E-state index contributed by atoms with van der Waals surface area (Å²) in [5.74, 6) is 2.41. The SMILES string of the molecule is N#CN1CCC(NC(=O)c2ccc(N3CCC(Oc4ccccc4)CC3)nc2)C1.N#CN1CCC(NC(=O)c2ccc(N3CCCC3c3cccnc3)nc2)C1. The van der Waals surface area contributed by atoms with Crippen LogP contribution in [0.15, 0.2) is 91.5 Å². The summed E-state index contributed by atoms with van der Waals surface area (Å²) in [4.78, 5) is 46.0. The Morgan fingerprint density at radius 3 is 1.84 bits per heavy atom. The first-order valence-electron chi connectivity index (χ1n) is 19.4. The summed E-state index contributed by atoms with van der Waals surface area (Å²) in [5.41, 5.74) is 2.29. The molecule has 2 amide bonds. The maximum absolute atomic E-state index is 12.4. The minimum atomic E-state index is -0.135. The summed E-state index contributed by atoms with van der Waals surface area (Å²) in [7, 11) is 0. The first-order valence-corrected chi connectivity index (χ1v) is 19.4. The van der Waals surface area contributed by atoms with Gasteiger partial charge >= 0.3 is 0 Å². The zero-order valence-corrected chi connectivity index (χ0v) is 31.4. The Labute approximate surface area is 327 Å². The van der Waals surface area contributed by atoms with Gasteiger partial charge in [-0.25, -0.2) is 9.97 Å². The molecule has 14 heteroatoms. The summed E-state index contributed by atoms with van der Waals surface area (Å²) < 4.78 is 6.05. The van der Waals surface area contributed by atoms with Crippen molar-refractivity contribution in [2.75, 3.05) is 55.6 Å². The van der Waals surface area contributed by atoms with Crippen molar-refractivity contribution in [1.29, 1.82) is 10.5 Å². The first kappa shape index (κ1) is 37.9. The number of aromatic nitrogens is 3. The number of rotatable bonds is 9. The van der Waals surface area contributed by atoms with Gasteiger partial charge in [-0.1, -0.05) is 24.3 Å². The number of hydrogen-bond acceptors (Lipinski definition) is 12. The minimum absolute atomic E-state index is 0.0189. The number of hydrogen-bond donors (Lipinski definition) is 2. The van der Waals surface area contributed by atoms with E-state index in [1.165, 1.54) is 5.56 Å². The Kier molecular flexibility index (Phi) is 12.4. The van der Waals surface area contributed by atoms with Crippen molar-refractivity contribution in [3.63, 3.8) is 0 Å². The average molecular weight is 754 g/mol. The highest BCUT2D eigenvalue weighted by atomic mass is 16.5. The van der Waals surface area contributed by atoms with Gasteiger partial charge in [-0.05, 0) is 73.7 Å². The van der Waals surface area contributed by atoms with Crippen molar-refractivity contribution < 1.29 is 14.3 Å². The van der Waals surface area contributed by atoms with Crippen molar-refractivity contribution in [3.8, 4) is 18.1 Å². The van der Waals surface area contributed by atoms with E-state index in [0.29, 0.717) is 37.3 Å². The van der Waals surface area contributed by atoms with Gasteiger partial charge in [-0.15, -0.1) is 0 Å². The molecule has 3 unspecified atom stereocenters. The summed E-state index contributed by atoms with van der Waals surface area (Å²) >= 11 is 0. The summed E-state index contributed by atoms with van der Waals surface area (Å²) in [6, 6.07) is 21.8. The lowest BCUT2D eigenvalue weighted by atomic mass is 10.1. The van der Waals surface area contributed by atoms with Crippen LogP contribution in [0.25, 0.3) is 0 Å². The molecule has 2 N–H and O–H groups in total. The largest absolute Gasteiger partial charge is 0.490 e. The fraction of sp³-hybridized carbons (Fsp3) is 0.405. The fourth-order valence-corrected chi connectivity index (χ4v) is 7.73. The molecule has 0 bridgehead atoms. The Balaban J connectivity index is 0.000000172. The quantitative estimate of drug-likeness (QED) is 0.230. The van der Waals surface area contributed by atoms with E-state index in [2.05, 4.69) is 53.8 Å². The molecular weight excluding hydrogens is 707 g/mol. The number of nitrogens with zero attached hydrogens (tertiary/aromatic N) is 9. The zero-order chi connectivity index (χ0) is 38.7. The Hall–Kier alpha value is -6.41. The zero-order valence-electron chi connectivity index (χ0n) is 31.4. The molecule has 4 aliphatic rings. The van der Waals surface area contributed by atoms with Gasteiger partial charge < -0.3 is 35.0 Å². The predicted octanol–water partition coefficient (Wildman–Crippen LogP) is 4.52. The number of piperidine rings is 1. The molecule has 7 heterocycles. The number of amides is 2. The van der Waals surface area contributed by atoms with Gasteiger partial charge in [-0.3, -0.25) is 14.6 Å². The molecule has 0 saturated carbocycles. The number of benzene rings is 1. The number of ether oxygens (including phenoxy) is 1. The van der Waals surface area contributed by atoms with Gasteiger partial charge in [0.15, 0.2) is 12.4 Å². The molecule has 4 fully saturated rings. The summed E-state index contributed by atoms with van der Waals surface area (Å²) in [6.45, 7) is 5.25. The molecule has 1 aromatic carbocycles. The smallest absolute Gasteiger partial charge is 0.253 e. The van der Waals surface area contributed by atoms with Crippen LogP contribution in [0.4, 0.5) is 11.6 Å². The van der Waals surface area contributed by atoms with E-state index in [9.17, 15) is 9.59 Å². The molecule has 4 aliphatic heterocycles. The molecule has 56 heavy (non-hydrogen) atoms. The van der Waals surface area contributed by atoms with Gasteiger partial charge in [-0.2, -0.15) is 10.5 Å². The minimum Gasteiger partial charge on any atom is -0.490 e. The van der Waals surface area contributed by atoms with Crippen LogP contribution in [-0.4, -0.2) is 101 Å². The van der Waals surface area contributed by atoms with Crippen molar-refractivity contribution in [2.45, 2.75) is 62.8 Å². The molecule has 288 valence electrons. The number of nitriles is 2. The number of likely N-dealkylation sites (tertiary alicyclic amines) is 2. The monoisotopic (exact) mass is 753 g/mol. The van der Waals surface area contributed by atoms with Gasteiger partial charge in [0.25, 0.3) is 11.8 Å². The number of nitrogens with one attached hydrogen (secondary N) is 2. The van der Waals surface area contributed by atoms with E-state index in [-0.39, 0.29) is 36.0 Å². The van der Waals surface area contributed by atoms with Crippen LogP contribution in [0.1, 0.15) is 70.8 Å². The molecule has 4 saturated heterocycles. The molecule has 3 aromatic heterocycles. The lowest BCUT2D eigenvalue weighted by molar-refractivity contribution is 0.0930. The van der Waals surface area contributed by atoms with Crippen LogP contribution in [-0.2, 0) is 0 Å². The second-order valence-electron chi connectivity index (χ2n) is 14.6. The number of pyridine rings is 3. The van der Waals surface area contributed by atoms with Crippen LogP contribution >= 0.6 is 0 Å². The van der Waals surface area contributed by atoms with Crippen LogP contribution in [0, 0.1) is 22.9 Å². The van der Waals surface area contributed by atoms with Gasteiger partial charge in [0.05, 0.1) is 17.2 Å². The van der Waals surface area contributed by atoms with Crippen LogP contribution in [0.5, 0.6) is 5.75 Å². The number of carbonyl (C=O) groups excluding carboxylic acids is 2. The van der Waals surface area contributed by atoms with Crippen LogP contribution in [0.3, 0.4) is 0 Å². The lowest BCUT2D eigenvalue weighted by Gasteiger charge is -2.33. The Morgan fingerprint density at radius 1 is 0.679 bits per heavy atom. The Morgan fingerprint density at radius 2 is 1.30 bits per heavy atom. The number of carbonyl (C=O) groups is 2. The van der Waals surface area contributed by atoms with E-state index in [0.717, 1.165) is 75.5 Å². The van der Waals surface area contributed by atoms with Crippen molar-refractivity contribution in [2.24, 2.45) is 0 Å². The van der Waals surface area contributed by atoms with E-state index >= 15 is 0 Å².